The molecule has 5 nitrogen and oxygen atoms in total. The SMILES string of the molecule is CC1(O)CCN(CC(N)C(=O)O)CC1. The van der Waals surface area contributed by atoms with Crippen LogP contribution in [0.5, 0.6) is 0 Å². The van der Waals surface area contributed by atoms with Crippen LogP contribution in [-0.2, 0) is 4.79 Å². The largest absolute Gasteiger partial charge is 0.480 e. The standard InChI is InChI=1S/C9H18N2O3/c1-9(14)2-4-11(5-3-9)6-7(10)8(12)13/h7,14H,2-6,10H2,1H3,(H,12,13). The number of likely N-dealkylation sites (tertiary alicyclic amines) is 1. The molecule has 1 heterocycles. The molecule has 1 unspecified atom stereocenters. The normalized spacial score (nSPS) is 24.5. The maximum atomic E-state index is 10.5. The van der Waals surface area contributed by atoms with Crippen molar-refractivity contribution >= 4 is 5.97 Å². The van der Waals surface area contributed by atoms with Gasteiger partial charge in [-0.3, -0.25) is 4.79 Å². The van der Waals surface area contributed by atoms with Crippen molar-refractivity contribution in [3.05, 3.63) is 0 Å². The molecule has 82 valence electrons. The highest BCUT2D eigenvalue weighted by Crippen LogP contribution is 2.20. The van der Waals surface area contributed by atoms with Crippen LogP contribution in [0.4, 0.5) is 0 Å². The summed E-state index contributed by atoms with van der Waals surface area (Å²) in [5.74, 6) is -0.970. The van der Waals surface area contributed by atoms with Crippen molar-refractivity contribution < 1.29 is 15.0 Å². The summed E-state index contributed by atoms with van der Waals surface area (Å²) in [6.07, 6.45) is 1.36. The van der Waals surface area contributed by atoms with E-state index in [1.807, 2.05) is 11.8 Å². The first-order chi connectivity index (χ1) is 6.41. The van der Waals surface area contributed by atoms with Crippen molar-refractivity contribution in [3.8, 4) is 0 Å². The summed E-state index contributed by atoms with van der Waals surface area (Å²) < 4.78 is 0. The number of aliphatic hydroxyl groups is 1. The van der Waals surface area contributed by atoms with E-state index in [4.69, 9.17) is 10.8 Å². The van der Waals surface area contributed by atoms with E-state index in [2.05, 4.69) is 0 Å². The Hall–Kier alpha value is -0.650. The molecule has 1 atom stereocenters. The summed E-state index contributed by atoms with van der Waals surface area (Å²) in [4.78, 5) is 12.5. The van der Waals surface area contributed by atoms with Gasteiger partial charge in [0.25, 0.3) is 0 Å². The Morgan fingerprint density at radius 1 is 1.57 bits per heavy atom. The Morgan fingerprint density at radius 3 is 2.50 bits per heavy atom. The van der Waals surface area contributed by atoms with Gasteiger partial charge in [-0.25, -0.2) is 0 Å². The van der Waals surface area contributed by atoms with Crippen LogP contribution in [0.15, 0.2) is 0 Å². The third-order valence-corrected chi connectivity index (χ3v) is 2.71. The van der Waals surface area contributed by atoms with Crippen LogP contribution in [0.25, 0.3) is 0 Å². The number of nitrogens with two attached hydrogens (primary N) is 1. The van der Waals surface area contributed by atoms with Gasteiger partial charge in [0.05, 0.1) is 5.60 Å². The fraction of sp³-hybridized carbons (Fsp3) is 0.889. The van der Waals surface area contributed by atoms with E-state index in [9.17, 15) is 9.90 Å². The molecule has 0 bridgehead atoms. The van der Waals surface area contributed by atoms with Crippen molar-refractivity contribution in [2.75, 3.05) is 19.6 Å². The summed E-state index contributed by atoms with van der Waals surface area (Å²) in [7, 11) is 0. The molecule has 0 aromatic rings. The summed E-state index contributed by atoms with van der Waals surface area (Å²) in [6.45, 7) is 3.61. The number of piperidine rings is 1. The van der Waals surface area contributed by atoms with Gasteiger partial charge in [0.2, 0.25) is 0 Å². The maximum Gasteiger partial charge on any atom is 0.321 e. The van der Waals surface area contributed by atoms with Crippen molar-refractivity contribution in [2.45, 2.75) is 31.4 Å². The second-order valence-corrected chi connectivity index (χ2v) is 4.24. The third kappa shape index (κ3) is 3.25. The van der Waals surface area contributed by atoms with Crippen molar-refractivity contribution in [3.63, 3.8) is 0 Å². The minimum atomic E-state index is -0.970. The molecule has 4 N–H and O–H groups in total. The Bertz CT molecular complexity index is 208. The molecule has 1 rings (SSSR count). The van der Waals surface area contributed by atoms with Crippen LogP contribution >= 0.6 is 0 Å². The van der Waals surface area contributed by atoms with E-state index in [1.165, 1.54) is 0 Å². The van der Waals surface area contributed by atoms with Gasteiger partial charge in [-0.2, -0.15) is 0 Å². The van der Waals surface area contributed by atoms with Gasteiger partial charge in [-0.15, -0.1) is 0 Å². The van der Waals surface area contributed by atoms with Crippen LogP contribution in [0.1, 0.15) is 19.8 Å². The topological polar surface area (TPSA) is 86.8 Å². The summed E-state index contributed by atoms with van der Waals surface area (Å²) in [5.41, 5.74) is 4.82. The molecule has 1 aliphatic rings. The number of carbonyl (C=O) groups is 1. The van der Waals surface area contributed by atoms with Gasteiger partial charge >= 0.3 is 5.97 Å². The highest BCUT2D eigenvalue weighted by atomic mass is 16.4. The predicted molar refractivity (Wildman–Crippen MR) is 51.9 cm³/mol. The van der Waals surface area contributed by atoms with Gasteiger partial charge in [0.1, 0.15) is 6.04 Å². The molecule has 1 aliphatic heterocycles. The predicted octanol–water partition coefficient (Wildman–Crippen LogP) is -0.755. The average Bonchev–Trinajstić information content (AvgIpc) is 2.08. The Labute approximate surface area is 83.5 Å². The Balaban J connectivity index is 2.32. The molecule has 1 saturated heterocycles. The number of carboxylic acids is 1. The average molecular weight is 202 g/mol. The second-order valence-electron chi connectivity index (χ2n) is 4.24. The van der Waals surface area contributed by atoms with Crippen LogP contribution in [0.2, 0.25) is 0 Å². The van der Waals surface area contributed by atoms with Gasteiger partial charge in [0, 0.05) is 19.6 Å². The van der Waals surface area contributed by atoms with Crippen LogP contribution in [-0.4, -0.2) is 52.4 Å². The summed E-state index contributed by atoms with van der Waals surface area (Å²) in [6, 6.07) is -0.821. The van der Waals surface area contributed by atoms with Gasteiger partial charge in [-0.05, 0) is 19.8 Å². The van der Waals surface area contributed by atoms with Crippen LogP contribution in [0.3, 0.4) is 0 Å². The zero-order chi connectivity index (χ0) is 10.8. The number of rotatable bonds is 3. The number of aliphatic carboxylic acids is 1. The lowest BCUT2D eigenvalue weighted by Crippen LogP contribution is -2.48. The molecule has 0 saturated carbocycles. The van der Waals surface area contributed by atoms with Gasteiger partial charge in [-0.1, -0.05) is 0 Å². The van der Waals surface area contributed by atoms with E-state index in [1.54, 1.807) is 0 Å². The van der Waals surface area contributed by atoms with E-state index in [-0.39, 0.29) is 0 Å². The first-order valence-corrected chi connectivity index (χ1v) is 4.84. The minimum absolute atomic E-state index is 0.366. The first kappa shape index (κ1) is 11.4. The van der Waals surface area contributed by atoms with Crippen molar-refractivity contribution in [1.29, 1.82) is 0 Å². The quantitative estimate of drug-likeness (QED) is 0.560. The summed E-state index contributed by atoms with van der Waals surface area (Å²) in [5, 5.41) is 18.3. The molecular weight excluding hydrogens is 184 g/mol. The van der Waals surface area contributed by atoms with E-state index >= 15 is 0 Å². The van der Waals surface area contributed by atoms with E-state index in [0.717, 1.165) is 0 Å². The lowest BCUT2D eigenvalue weighted by Gasteiger charge is -2.36. The molecular formula is C9H18N2O3. The Kier molecular flexibility index (Phi) is 3.47. The second kappa shape index (κ2) is 4.25. The summed E-state index contributed by atoms with van der Waals surface area (Å²) >= 11 is 0. The zero-order valence-electron chi connectivity index (χ0n) is 8.44. The smallest absolute Gasteiger partial charge is 0.321 e. The van der Waals surface area contributed by atoms with Crippen LogP contribution < -0.4 is 5.73 Å². The molecule has 1 fully saturated rings. The third-order valence-electron chi connectivity index (χ3n) is 2.71. The molecule has 0 spiro atoms. The number of carboxylic acid groups (broad SMARTS) is 1. The molecule has 0 radical (unpaired) electrons. The van der Waals surface area contributed by atoms with E-state index in [0.29, 0.717) is 32.5 Å². The monoisotopic (exact) mass is 202 g/mol. The molecule has 0 aromatic carbocycles. The molecule has 14 heavy (non-hydrogen) atoms. The highest BCUT2D eigenvalue weighted by molar-refractivity contribution is 5.73. The number of hydrogen-bond donors (Lipinski definition) is 3. The minimum Gasteiger partial charge on any atom is -0.480 e. The fourth-order valence-corrected chi connectivity index (χ4v) is 1.57. The molecule has 5 heteroatoms. The highest BCUT2D eigenvalue weighted by Gasteiger charge is 2.28. The lowest BCUT2D eigenvalue weighted by atomic mass is 9.94. The van der Waals surface area contributed by atoms with E-state index < -0.39 is 17.6 Å². The molecule has 0 aromatic heterocycles. The van der Waals surface area contributed by atoms with Gasteiger partial charge in [0.15, 0.2) is 0 Å². The number of nitrogens with zero attached hydrogens (tertiary/aromatic N) is 1. The van der Waals surface area contributed by atoms with Gasteiger partial charge < -0.3 is 20.8 Å². The first-order valence-electron chi connectivity index (χ1n) is 4.84. The zero-order valence-corrected chi connectivity index (χ0v) is 8.44. The van der Waals surface area contributed by atoms with Crippen molar-refractivity contribution in [1.82, 2.24) is 4.90 Å². The number of hydrogen-bond acceptors (Lipinski definition) is 4. The molecule has 0 aliphatic carbocycles. The fourth-order valence-electron chi connectivity index (χ4n) is 1.57. The Morgan fingerprint density at radius 2 is 2.07 bits per heavy atom. The van der Waals surface area contributed by atoms with Crippen LogP contribution in [0, 0.1) is 0 Å². The van der Waals surface area contributed by atoms with Crippen molar-refractivity contribution in [2.24, 2.45) is 5.73 Å². The maximum absolute atomic E-state index is 10.5. The molecule has 0 amide bonds. The lowest BCUT2D eigenvalue weighted by molar-refractivity contribution is -0.139.